The number of rotatable bonds is 5. The van der Waals surface area contributed by atoms with Crippen LogP contribution in [-0.2, 0) is 15.7 Å². The fourth-order valence-corrected chi connectivity index (χ4v) is 5.66. The number of nitrogens with zero attached hydrogens (tertiary/aromatic N) is 5. The van der Waals surface area contributed by atoms with E-state index < -0.39 is 23.6 Å². The molecule has 5 heterocycles. The van der Waals surface area contributed by atoms with Gasteiger partial charge in [0, 0.05) is 30.9 Å². The largest absolute Gasteiger partial charge is 0.475 e. The van der Waals surface area contributed by atoms with Gasteiger partial charge in [-0.3, -0.25) is 10.2 Å². The number of carbonyl (C=O) groups excluding carboxylic acids is 1. The van der Waals surface area contributed by atoms with Crippen LogP contribution in [0.3, 0.4) is 0 Å². The Bertz CT molecular complexity index is 1510. The number of carbonyl (C=O) groups is 1. The number of amides is 2. The number of urea groups is 1. The molecular weight excluding hydrogens is 577 g/mol. The Morgan fingerprint density at radius 1 is 1.24 bits per heavy atom. The van der Waals surface area contributed by atoms with E-state index in [1.54, 1.807) is 12.1 Å². The van der Waals surface area contributed by atoms with Gasteiger partial charge >= 0.3 is 12.2 Å². The molecule has 0 unspecified atom stereocenters. The van der Waals surface area contributed by atoms with Gasteiger partial charge in [0.2, 0.25) is 11.8 Å². The van der Waals surface area contributed by atoms with Crippen molar-refractivity contribution in [1.82, 2.24) is 15.0 Å². The molecule has 222 valence electrons. The first-order chi connectivity index (χ1) is 20.0. The highest BCUT2D eigenvalue weighted by Gasteiger charge is 2.39. The number of alkyl halides is 3. The quantitative estimate of drug-likeness (QED) is 0.392. The summed E-state index contributed by atoms with van der Waals surface area (Å²) >= 11 is 6.57. The predicted molar refractivity (Wildman–Crippen MR) is 149 cm³/mol. The third-order valence-corrected chi connectivity index (χ3v) is 7.57. The molecule has 3 aliphatic heterocycles. The second-order valence-electron chi connectivity index (χ2n) is 10.8. The second kappa shape index (κ2) is 10.9. The molecule has 2 amide bonds. The van der Waals surface area contributed by atoms with Crippen molar-refractivity contribution in [2.75, 3.05) is 41.4 Å². The van der Waals surface area contributed by atoms with E-state index in [-0.39, 0.29) is 46.9 Å². The Labute approximate surface area is 244 Å². The Hall–Kier alpha value is -3.68. The number of anilines is 3. The van der Waals surface area contributed by atoms with Crippen LogP contribution >= 0.6 is 11.6 Å². The lowest BCUT2D eigenvalue weighted by atomic mass is 9.99. The van der Waals surface area contributed by atoms with Crippen molar-refractivity contribution in [2.45, 2.75) is 50.8 Å². The minimum Gasteiger partial charge on any atom is -0.475 e. The number of piperidine rings is 1. The molecule has 3 aromatic rings. The lowest BCUT2D eigenvalue weighted by molar-refractivity contribution is -0.141. The third kappa shape index (κ3) is 5.81. The van der Waals surface area contributed by atoms with Gasteiger partial charge in [-0.1, -0.05) is 23.7 Å². The van der Waals surface area contributed by atoms with Gasteiger partial charge in [0.05, 0.1) is 34.6 Å². The number of hydrogen-bond donors (Lipinski definition) is 1. The summed E-state index contributed by atoms with van der Waals surface area (Å²) in [6.07, 6.45) is -1.78. The molecule has 10 nitrogen and oxygen atoms in total. The minimum absolute atomic E-state index is 0.0216. The summed E-state index contributed by atoms with van der Waals surface area (Å²) in [7, 11) is 0. The summed E-state index contributed by atoms with van der Waals surface area (Å²) in [4.78, 5) is 30.5. The molecule has 42 heavy (non-hydrogen) atoms. The number of nitrogens with one attached hydrogen (secondary N) is 1. The smallest absolute Gasteiger partial charge is 0.416 e. The molecule has 0 radical (unpaired) electrons. The SMILES string of the molecule is CC1(C)OC[C@H](COc2ccnc(NC(=O)N3c4nc(-c5cccc(C(F)(F)F)c5)c(Cl)cc4N4CCC[C@H]3C4)n2)O1. The fourth-order valence-electron chi connectivity index (χ4n) is 5.41. The topological polar surface area (TPSA) is 102 Å². The van der Waals surface area contributed by atoms with Crippen molar-refractivity contribution in [2.24, 2.45) is 0 Å². The zero-order valence-corrected chi connectivity index (χ0v) is 23.6. The number of aromatic nitrogens is 3. The average molecular weight is 605 g/mol. The number of benzene rings is 1. The summed E-state index contributed by atoms with van der Waals surface area (Å²) in [5.41, 5.74) is 0.146. The van der Waals surface area contributed by atoms with Crippen LogP contribution in [0, 0.1) is 0 Å². The highest BCUT2D eigenvalue weighted by Crippen LogP contribution is 2.43. The van der Waals surface area contributed by atoms with Crippen LogP contribution in [0.2, 0.25) is 5.02 Å². The van der Waals surface area contributed by atoms with E-state index in [0.717, 1.165) is 31.5 Å². The molecule has 2 fully saturated rings. The molecule has 2 atom stereocenters. The highest BCUT2D eigenvalue weighted by atomic mass is 35.5. The Kier molecular flexibility index (Phi) is 7.36. The summed E-state index contributed by atoms with van der Waals surface area (Å²) in [6.45, 7) is 5.53. The molecule has 0 saturated carbocycles. The maximum absolute atomic E-state index is 13.7. The second-order valence-corrected chi connectivity index (χ2v) is 11.2. The molecule has 2 aromatic heterocycles. The van der Waals surface area contributed by atoms with Gasteiger partial charge in [-0.2, -0.15) is 18.2 Å². The van der Waals surface area contributed by atoms with Crippen LogP contribution < -0.4 is 19.9 Å². The van der Waals surface area contributed by atoms with Gasteiger partial charge in [0.15, 0.2) is 11.6 Å². The van der Waals surface area contributed by atoms with Crippen molar-refractivity contribution in [3.8, 4) is 17.1 Å². The van der Waals surface area contributed by atoms with Crippen molar-refractivity contribution in [1.29, 1.82) is 0 Å². The van der Waals surface area contributed by atoms with E-state index in [2.05, 4.69) is 25.2 Å². The molecule has 6 rings (SSSR count). The van der Waals surface area contributed by atoms with Gasteiger partial charge in [0.25, 0.3) is 0 Å². The standard InChI is InChI=1S/C28H28ClF3N6O4/c1-27(2)41-15-19(42-27)14-40-22-8-9-33-25(34-22)36-26(39)38-18-7-4-10-37(13-18)21-12-20(29)23(35-24(21)38)16-5-3-6-17(11-16)28(30,31)32/h3,5-6,8-9,11-12,18-19H,4,7,10,13-15H2,1-2H3,(H,33,34,36,39)/t18-,19-/m0/s1. The number of hydrogen-bond acceptors (Lipinski definition) is 8. The number of pyridine rings is 1. The minimum atomic E-state index is -4.53. The van der Waals surface area contributed by atoms with E-state index in [1.165, 1.54) is 23.2 Å². The van der Waals surface area contributed by atoms with Crippen molar-refractivity contribution < 1.29 is 32.2 Å². The lowest BCUT2D eigenvalue weighted by Crippen LogP contribution is -2.56. The zero-order valence-electron chi connectivity index (χ0n) is 22.8. The first-order valence-corrected chi connectivity index (χ1v) is 13.9. The molecule has 1 N–H and O–H groups in total. The maximum atomic E-state index is 13.7. The van der Waals surface area contributed by atoms with E-state index in [4.69, 9.17) is 25.8 Å². The molecule has 0 spiro atoms. The van der Waals surface area contributed by atoms with Gasteiger partial charge in [0.1, 0.15) is 12.7 Å². The van der Waals surface area contributed by atoms with Crippen LogP contribution in [0.15, 0.2) is 42.6 Å². The van der Waals surface area contributed by atoms with Crippen LogP contribution in [0.5, 0.6) is 5.88 Å². The summed E-state index contributed by atoms with van der Waals surface area (Å²) in [6, 6.07) is 7.26. The monoisotopic (exact) mass is 604 g/mol. The maximum Gasteiger partial charge on any atom is 0.416 e. The van der Waals surface area contributed by atoms with Crippen LogP contribution in [-0.4, -0.2) is 65.2 Å². The van der Waals surface area contributed by atoms with Gasteiger partial charge in [-0.05, 0) is 44.9 Å². The van der Waals surface area contributed by atoms with Gasteiger partial charge in [-0.15, -0.1) is 0 Å². The van der Waals surface area contributed by atoms with Crippen molar-refractivity contribution in [3.63, 3.8) is 0 Å². The summed E-state index contributed by atoms with van der Waals surface area (Å²) < 4.78 is 57.3. The third-order valence-electron chi connectivity index (χ3n) is 7.28. The van der Waals surface area contributed by atoms with E-state index in [9.17, 15) is 18.0 Å². The van der Waals surface area contributed by atoms with Crippen LogP contribution in [0.1, 0.15) is 32.3 Å². The van der Waals surface area contributed by atoms with Gasteiger partial charge < -0.3 is 19.1 Å². The lowest BCUT2D eigenvalue weighted by Gasteiger charge is -2.45. The van der Waals surface area contributed by atoms with Gasteiger partial charge in [-0.25, -0.2) is 14.8 Å². The first kappa shape index (κ1) is 28.4. The number of halogens is 4. The Morgan fingerprint density at radius 3 is 2.83 bits per heavy atom. The molecule has 2 saturated heterocycles. The fraction of sp³-hybridized carbons (Fsp3) is 0.429. The van der Waals surface area contributed by atoms with E-state index >= 15 is 0 Å². The molecule has 2 bridgehead atoms. The Morgan fingerprint density at radius 2 is 2.07 bits per heavy atom. The normalized spacial score (nSPS) is 21.2. The van der Waals surface area contributed by atoms with E-state index in [1.807, 2.05) is 13.8 Å². The molecule has 14 heteroatoms. The van der Waals surface area contributed by atoms with E-state index in [0.29, 0.717) is 24.7 Å². The summed E-state index contributed by atoms with van der Waals surface area (Å²) in [5.74, 6) is -0.118. The zero-order chi connectivity index (χ0) is 29.6. The first-order valence-electron chi connectivity index (χ1n) is 13.5. The van der Waals surface area contributed by atoms with Crippen molar-refractivity contribution in [3.05, 3.63) is 53.2 Å². The molecule has 1 aromatic carbocycles. The van der Waals surface area contributed by atoms with Crippen LogP contribution in [0.4, 0.5) is 35.4 Å². The highest BCUT2D eigenvalue weighted by molar-refractivity contribution is 6.33. The summed E-state index contributed by atoms with van der Waals surface area (Å²) in [5, 5.41) is 2.91. The number of ether oxygens (including phenoxy) is 3. The molecule has 3 aliphatic rings. The Balaban J connectivity index is 1.27. The molecular formula is C28H28ClF3N6O4. The van der Waals surface area contributed by atoms with Crippen molar-refractivity contribution >= 4 is 35.1 Å². The average Bonchev–Trinajstić information content (AvgIpc) is 3.30. The predicted octanol–water partition coefficient (Wildman–Crippen LogP) is 5.76. The molecule has 0 aliphatic carbocycles. The van der Waals surface area contributed by atoms with Crippen LogP contribution in [0.25, 0.3) is 11.3 Å². The number of fused-ring (bicyclic) bond motifs is 4.